The van der Waals surface area contributed by atoms with Gasteiger partial charge in [-0.15, -0.1) is 0 Å². The third kappa shape index (κ3) is 5.68. The van der Waals surface area contributed by atoms with Crippen molar-refractivity contribution < 1.29 is 19.7 Å². The molecule has 0 amide bonds. The molecule has 2 N–H and O–H groups in total. The van der Waals surface area contributed by atoms with E-state index in [0.29, 0.717) is 0 Å². The smallest absolute Gasteiger partial charge is 0.338 e. The Hall–Kier alpha value is -1.65. The second-order valence-corrected chi connectivity index (χ2v) is 5.24. The Balaban J connectivity index is 2.60. The zero-order valence-corrected chi connectivity index (χ0v) is 11.4. The Labute approximate surface area is 113 Å². The van der Waals surface area contributed by atoms with Gasteiger partial charge < -0.3 is 14.9 Å². The number of hydrogen-bond acceptors (Lipinski definition) is 4. The summed E-state index contributed by atoms with van der Waals surface area (Å²) in [4.78, 5) is 11.5. The maximum Gasteiger partial charge on any atom is 0.338 e. The fourth-order valence-electron chi connectivity index (χ4n) is 1.38. The van der Waals surface area contributed by atoms with Crippen LogP contribution in [0, 0.1) is 0 Å². The molecule has 4 heteroatoms. The van der Waals surface area contributed by atoms with E-state index in [2.05, 4.69) is 0 Å². The lowest BCUT2D eigenvalue weighted by Crippen LogP contribution is -2.38. The van der Waals surface area contributed by atoms with Gasteiger partial charge in [0, 0.05) is 0 Å². The minimum absolute atomic E-state index is 0.694. The predicted molar refractivity (Wildman–Crippen MR) is 73.3 cm³/mol. The maximum atomic E-state index is 11.5. The van der Waals surface area contributed by atoms with Crippen molar-refractivity contribution in [1.82, 2.24) is 0 Å². The van der Waals surface area contributed by atoms with Gasteiger partial charge in [-0.05, 0) is 26.3 Å². The summed E-state index contributed by atoms with van der Waals surface area (Å²) < 4.78 is 4.99. The van der Waals surface area contributed by atoms with Crippen molar-refractivity contribution in [2.24, 2.45) is 0 Å². The van der Waals surface area contributed by atoms with Crippen molar-refractivity contribution in [3.63, 3.8) is 0 Å². The minimum Gasteiger partial charge on any atom is -0.458 e. The monoisotopic (exact) mass is 264 g/mol. The number of carbonyl (C=O) groups excluding carboxylic acids is 1. The quantitative estimate of drug-likeness (QED) is 0.813. The highest BCUT2D eigenvalue weighted by Gasteiger charge is 2.27. The number of esters is 1. The van der Waals surface area contributed by atoms with Gasteiger partial charge in [0.15, 0.2) is 6.10 Å². The summed E-state index contributed by atoms with van der Waals surface area (Å²) in [6.07, 6.45) is 0.122. The summed E-state index contributed by atoms with van der Waals surface area (Å²) in [5, 5.41) is 19.4. The number of hydrogen-bond donors (Lipinski definition) is 2. The molecular formula is C15H20O4. The predicted octanol–water partition coefficient (Wildman–Crippen LogP) is 1.76. The van der Waals surface area contributed by atoms with Crippen LogP contribution in [0.2, 0.25) is 0 Å². The Bertz CT molecular complexity index is 431. The van der Waals surface area contributed by atoms with Gasteiger partial charge in [0.05, 0.1) is 0 Å². The van der Waals surface area contributed by atoms with E-state index in [1.54, 1.807) is 26.8 Å². The SMILES string of the molecule is CC(C)(C)OC(=O)[C@H](O)C(O)C=Cc1ccccc1. The van der Waals surface area contributed by atoms with Crippen LogP contribution in [0.4, 0.5) is 0 Å². The van der Waals surface area contributed by atoms with Crippen LogP contribution in [0.5, 0.6) is 0 Å². The highest BCUT2D eigenvalue weighted by molar-refractivity contribution is 5.76. The fraction of sp³-hybridized carbons (Fsp3) is 0.400. The van der Waals surface area contributed by atoms with Gasteiger partial charge in [0.25, 0.3) is 0 Å². The van der Waals surface area contributed by atoms with Gasteiger partial charge in [-0.25, -0.2) is 4.79 Å². The molecular weight excluding hydrogens is 244 g/mol. The molecule has 0 aliphatic heterocycles. The van der Waals surface area contributed by atoms with E-state index in [4.69, 9.17) is 4.74 Å². The summed E-state index contributed by atoms with van der Waals surface area (Å²) in [6, 6.07) is 9.29. The van der Waals surface area contributed by atoms with E-state index in [1.807, 2.05) is 30.3 Å². The molecule has 1 aromatic carbocycles. The van der Waals surface area contributed by atoms with Crippen molar-refractivity contribution >= 4 is 12.0 Å². The molecule has 1 rings (SSSR count). The van der Waals surface area contributed by atoms with Crippen molar-refractivity contribution in [2.45, 2.75) is 38.6 Å². The molecule has 0 fully saturated rings. The summed E-state index contributed by atoms with van der Waals surface area (Å²) in [5.74, 6) is -0.835. The van der Waals surface area contributed by atoms with E-state index in [1.165, 1.54) is 6.08 Å². The van der Waals surface area contributed by atoms with Crippen LogP contribution in [-0.2, 0) is 9.53 Å². The fourth-order valence-corrected chi connectivity index (χ4v) is 1.38. The van der Waals surface area contributed by atoms with E-state index >= 15 is 0 Å². The Morgan fingerprint density at radius 1 is 1.21 bits per heavy atom. The van der Waals surface area contributed by atoms with Crippen molar-refractivity contribution in [1.29, 1.82) is 0 Å². The molecule has 2 atom stereocenters. The molecule has 1 aromatic rings. The number of rotatable bonds is 4. The van der Waals surface area contributed by atoms with Crippen LogP contribution in [0.1, 0.15) is 26.3 Å². The zero-order valence-electron chi connectivity index (χ0n) is 11.4. The second-order valence-electron chi connectivity index (χ2n) is 5.24. The van der Waals surface area contributed by atoms with Crippen LogP contribution in [-0.4, -0.2) is 34.0 Å². The largest absolute Gasteiger partial charge is 0.458 e. The van der Waals surface area contributed by atoms with Crippen LogP contribution >= 0.6 is 0 Å². The van der Waals surface area contributed by atoms with Crippen LogP contribution in [0.15, 0.2) is 36.4 Å². The molecule has 19 heavy (non-hydrogen) atoms. The highest BCUT2D eigenvalue weighted by atomic mass is 16.6. The molecule has 0 saturated carbocycles. The molecule has 0 aliphatic rings. The number of ether oxygens (including phenoxy) is 1. The number of carbonyl (C=O) groups is 1. The first-order valence-electron chi connectivity index (χ1n) is 6.12. The molecule has 0 bridgehead atoms. The first-order chi connectivity index (χ1) is 8.79. The van der Waals surface area contributed by atoms with Gasteiger partial charge >= 0.3 is 5.97 Å². The molecule has 0 aliphatic carbocycles. The number of aliphatic hydroxyl groups is 2. The number of aliphatic hydroxyl groups excluding tert-OH is 2. The number of benzene rings is 1. The average Bonchev–Trinajstić information content (AvgIpc) is 2.34. The molecule has 4 nitrogen and oxygen atoms in total. The zero-order chi connectivity index (χ0) is 14.5. The molecule has 104 valence electrons. The van der Waals surface area contributed by atoms with Gasteiger partial charge in [-0.3, -0.25) is 0 Å². The molecule has 1 unspecified atom stereocenters. The highest BCUT2D eigenvalue weighted by Crippen LogP contribution is 2.11. The van der Waals surface area contributed by atoms with Crippen molar-refractivity contribution in [2.75, 3.05) is 0 Å². The summed E-state index contributed by atoms with van der Waals surface area (Å²) in [5.41, 5.74) is 0.180. The minimum atomic E-state index is -1.58. The average molecular weight is 264 g/mol. The van der Waals surface area contributed by atoms with E-state index in [9.17, 15) is 15.0 Å². The first-order valence-corrected chi connectivity index (χ1v) is 6.12. The Kier molecular flexibility index (Phi) is 5.27. The molecule has 0 aromatic heterocycles. The summed E-state index contributed by atoms with van der Waals surface area (Å²) in [7, 11) is 0. The molecule has 0 saturated heterocycles. The van der Waals surface area contributed by atoms with Gasteiger partial charge in [-0.2, -0.15) is 0 Å². The second kappa shape index (κ2) is 6.50. The molecule has 0 spiro atoms. The molecule has 0 radical (unpaired) electrons. The lowest BCUT2D eigenvalue weighted by molar-refractivity contribution is -0.169. The normalized spacial score (nSPS) is 15.2. The van der Waals surface area contributed by atoms with Gasteiger partial charge in [-0.1, -0.05) is 42.5 Å². The van der Waals surface area contributed by atoms with Crippen LogP contribution in [0.25, 0.3) is 6.08 Å². The summed E-state index contributed by atoms with van der Waals surface area (Å²) >= 11 is 0. The lowest BCUT2D eigenvalue weighted by Gasteiger charge is -2.22. The summed E-state index contributed by atoms with van der Waals surface area (Å²) in [6.45, 7) is 5.09. The van der Waals surface area contributed by atoms with Crippen molar-refractivity contribution in [3.8, 4) is 0 Å². The van der Waals surface area contributed by atoms with Gasteiger partial charge in [0.2, 0.25) is 0 Å². The van der Waals surface area contributed by atoms with E-state index in [0.717, 1.165) is 5.56 Å². The van der Waals surface area contributed by atoms with Gasteiger partial charge in [0.1, 0.15) is 11.7 Å². The van der Waals surface area contributed by atoms with E-state index in [-0.39, 0.29) is 0 Å². The van der Waals surface area contributed by atoms with Crippen molar-refractivity contribution in [3.05, 3.63) is 42.0 Å². The lowest BCUT2D eigenvalue weighted by atomic mass is 10.1. The Morgan fingerprint density at radius 3 is 2.32 bits per heavy atom. The topological polar surface area (TPSA) is 66.8 Å². The van der Waals surface area contributed by atoms with Crippen LogP contribution < -0.4 is 0 Å². The Morgan fingerprint density at radius 2 is 1.79 bits per heavy atom. The molecule has 0 heterocycles. The van der Waals surface area contributed by atoms with E-state index < -0.39 is 23.8 Å². The standard InChI is InChI=1S/C15H20O4/c1-15(2,3)19-14(18)13(17)12(16)10-9-11-7-5-4-6-8-11/h4-10,12-13,16-17H,1-3H3/t12?,13-/m1/s1. The maximum absolute atomic E-state index is 11.5. The first kappa shape index (κ1) is 15.4. The van der Waals surface area contributed by atoms with Crippen LogP contribution in [0.3, 0.4) is 0 Å². The third-order valence-corrected chi connectivity index (χ3v) is 2.26. The third-order valence-electron chi connectivity index (χ3n) is 2.26.